The van der Waals surface area contributed by atoms with Crippen LogP contribution in [0.1, 0.15) is 47.5 Å². The Balaban J connectivity index is 2.68. The fourth-order valence-electron chi connectivity index (χ4n) is 1.90. The van der Waals surface area contributed by atoms with Crippen LogP contribution in [-0.2, 0) is 8.85 Å². The molecular weight excluding hydrogens is 192 g/mol. The fraction of sp³-hybridized carbons (Fsp3) is 1.00. The second kappa shape index (κ2) is 3.61. The van der Waals surface area contributed by atoms with E-state index in [2.05, 4.69) is 34.6 Å². The maximum absolute atomic E-state index is 6.26. The van der Waals surface area contributed by atoms with Crippen LogP contribution < -0.4 is 0 Å². The Morgan fingerprint density at radius 3 is 2.21 bits per heavy atom. The van der Waals surface area contributed by atoms with E-state index in [1.807, 2.05) is 7.11 Å². The van der Waals surface area contributed by atoms with Gasteiger partial charge >= 0.3 is 8.56 Å². The predicted molar refractivity (Wildman–Crippen MR) is 61.7 cm³/mol. The Morgan fingerprint density at radius 1 is 1.36 bits per heavy atom. The van der Waals surface area contributed by atoms with Gasteiger partial charge in [-0.05, 0) is 32.7 Å². The van der Waals surface area contributed by atoms with E-state index in [4.69, 9.17) is 8.85 Å². The van der Waals surface area contributed by atoms with Crippen molar-refractivity contribution >= 4 is 8.56 Å². The van der Waals surface area contributed by atoms with Gasteiger partial charge in [0.15, 0.2) is 0 Å². The Hall–Kier alpha value is 0.137. The van der Waals surface area contributed by atoms with Crippen molar-refractivity contribution in [1.82, 2.24) is 0 Å². The van der Waals surface area contributed by atoms with Gasteiger partial charge in [-0.15, -0.1) is 0 Å². The molecule has 1 aliphatic heterocycles. The summed E-state index contributed by atoms with van der Waals surface area (Å²) in [5.41, 5.74) is -0.0187. The van der Waals surface area contributed by atoms with E-state index in [9.17, 15) is 0 Å². The summed E-state index contributed by atoms with van der Waals surface area (Å²) >= 11 is 0. The molecule has 0 bridgehead atoms. The van der Waals surface area contributed by atoms with Crippen LogP contribution in [0.25, 0.3) is 0 Å². The molecule has 0 radical (unpaired) electrons. The summed E-state index contributed by atoms with van der Waals surface area (Å²) in [4.78, 5) is 0. The van der Waals surface area contributed by atoms with Crippen molar-refractivity contribution < 1.29 is 8.85 Å². The SMILES string of the molecule is CCC(C)(C)O[Si]1(OC)C[C@@]1(C)CC. The van der Waals surface area contributed by atoms with Gasteiger partial charge in [0.25, 0.3) is 0 Å². The zero-order valence-electron chi connectivity index (χ0n) is 10.4. The molecule has 0 aromatic rings. The number of hydrogen-bond acceptors (Lipinski definition) is 2. The summed E-state index contributed by atoms with van der Waals surface area (Å²) < 4.78 is 12.0. The molecule has 1 heterocycles. The van der Waals surface area contributed by atoms with Gasteiger partial charge in [-0.1, -0.05) is 20.8 Å². The lowest BCUT2D eigenvalue weighted by molar-refractivity contribution is 0.0634. The molecule has 0 amide bonds. The Labute approximate surface area is 89.2 Å². The van der Waals surface area contributed by atoms with Crippen molar-refractivity contribution in [2.24, 2.45) is 0 Å². The summed E-state index contributed by atoms with van der Waals surface area (Å²) in [6.45, 7) is 11.0. The van der Waals surface area contributed by atoms with Gasteiger partial charge < -0.3 is 8.85 Å². The first kappa shape index (κ1) is 12.2. The van der Waals surface area contributed by atoms with E-state index >= 15 is 0 Å². The quantitative estimate of drug-likeness (QED) is 0.655. The highest BCUT2D eigenvalue weighted by atomic mass is 28.4. The van der Waals surface area contributed by atoms with E-state index in [1.165, 1.54) is 6.42 Å². The topological polar surface area (TPSA) is 18.5 Å². The van der Waals surface area contributed by atoms with Crippen molar-refractivity contribution in [3.8, 4) is 0 Å². The van der Waals surface area contributed by atoms with Crippen molar-refractivity contribution in [3.05, 3.63) is 0 Å². The summed E-state index contributed by atoms with van der Waals surface area (Å²) in [6.07, 6.45) is 2.22. The normalized spacial score (nSPS) is 37.3. The average molecular weight is 216 g/mol. The van der Waals surface area contributed by atoms with Gasteiger partial charge in [0.2, 0.25) is 0 Å². The van der Waals surface area contributed by atoms with Crippen molar-refractivity contribution in [1.29, 1.82) is 0 Å². The van der Waals surface area contributed by atoms with E-state index in [-0.39, 0.29) is 5.60 Å². The van der Waals surface area contributed by atoms with E-state index < -0.39 is 8.56 Å². The minimum Gasteiger partial charge on any atom is -0.397 e. The van der Waals surface area contributed by atoms with Crippen LogP contribution in [0.2, 0.25) is 11.1 Å². The molecule has 1 fully saturated rings. The molecular formula is C11H24O2Si. The minimum atomic E-state index is -1.84. The first-order chi connectivity index (χ1) is 6.35. The summed E-state index contributed by atoms with van der Waals surface area (Å²) in [6, 6.07) is 1.16. The molecule has 3 heteroatoms. The zero-order chi connectivity index (χ0) is 11.0. The second-order valence-corrected chi connectivity index (χ2v) is 8.94. The third-order valence-corrected chi connectivity index (χ3v) is 8.55. The van der Waals surface area contributed by atoms with Crippen LogP contribution in [0, 0.1) is 0 Å². The molecule has 14 heavy (non-hydrogen) atoms. The fourth-order valence-corrected chi connectivity index (χ4v) is 6.14. The van der Waals surface area contributed by atoms with Crippen molar-refractivity contribution in [3.63, 3.8) is 0 Å². The molecule has 0 saturated carbocycles. The first-order valence-electron chi connectivity index (χ1n) is 5.60. The molecule has 1 saturated heterocycles. The Bertz CT molecular complexity index is 217. The average Bonchev–Trinajstić information content (AvgIpc) is 2.72. The van der Waals surface area contributed by atoms with Crippen LogP contribution in [0.5, 0.6) is 0 Å². The van der Waals surface area contributed by atoms with Gasteiger partial charge in [-0.2, -0.15) is 0 Å². The monoisotopic (exact) mass is 216 g/mol. The maximum atomic E-state index is 6.26. The Morgan fingerprint density at radius 2 is 1.93 bits per heavy atom. The van der Waals surface area contributed by atoms with Crippen LogP contribution in [-0.4, -0.2) is 21.3 Å². The third kappa shape index (κ3) is 1.90. The molecule has 0 N–H and O–H groups in total. The number of hydrogen-bond donors (Lipinski definition) is 0. The molecule has 0 aromatic carbocycles. The molecule has 1 rings (SSSR count). The summed E-state index contributed by atoms with van der Waals surface area (Å²) in [7, 11) is -0.0190. The summed E-state index contributed by atoms with van der Waals surface area (Å²) in [5.74, 6) is 0. The lowest BCUT2D eigenvalue weighted by atomic mass is 10.1. The highest BCUT2D eigenvalue weighted by Crippen LogP contribution is 2.66. The second-order valence-electron chi connectivity index (χ2n) is 5.26. The molecule has 0 aromatic heterocycles. The van der Waals surface area contributed by atoms with E-state index in [0.29, 0.717) is 5.04 Å². The largest absolute Gasteiger partial charge is 0.397 e. The highest BCUT2D eigenvalue weighted by molar-refractivity contribution is 6.82. The zero-order valence-corrected chi connectivity index (χ0v) is 11.4. The van der Waals surface area contributed by atoms with Gasteiger partial charge in [-0.3, -0.25) is 0 Å². The van der Waals surface area contributed by atoms with Crippen molar-refractivity contribution in [2.45, 2.75) is 64.1 Å². The van der Waals surface area contributed by atoms with Gasteiger partial charge in [0, 0.05) is 12.1 Å². The smallest absolute Gasteiger partial charge is 0.344 e. The lowest BCUT2D eigenvalue weighted by Gasteiger charge is -2.31. The van der Waals surface area contributed by atoms with Gasteiger partial charge in [-0.25, -0.2) is 0 Å². The number of rotatable bonds is 5. The minimum absolute atomic E-state index is 0.0187. The molecule has 0 spiro atoms. The predicted octanol–water partition coefficient (Wildman–Crippen LogP) is 3.46. The molecule has 1 aliphatic rings. The Kier molecular flexibility index (Phi) is 3.15. The standard InChI is InChI=1S/C11H24O2Si/c1-7-10(3,4)13-14(12-6)9-11(14,5)8-2/h7-9H2,1-6H3/t11-,14?/m1/s1. The van der Waals surface area contributed by atoms with E-state index in [0.717, 1.165) is 12.5 Å². The van der Waals surface area contributed by atoms with Crippen LogP contribution >= 0.6 is 0 Å². The summed E-state index contributed by atoms with van der Waals surface area (Å²) in [5, 5.41) is 0.355. The van der Waals surface area contributed by atoms with Gasteiger partial charge in [0.05, 0.1) is 5.60 Å². The molecule has 2 nitrogen and oxygen atoms in total. The molecule has 0 aliphatic carbocycles. The lowest BCUT2D eigenvalue weighted by Crippen LogP contribution is -2.39. The highest BCUT2D eigenvalue weighted by Gasteiger charge is 2.71. The van der Waals surface area contributed by atoms with Gasteiger partial charge in [0.1, 0.15) is 0 Å². The van der Waals surface area contributed by atoms with Crippen LogP contribution in [0.15, 0.2) is 0 Å². The third-order valence-electron chi connectivity index (χ3n) is 3.82. The van der Waals surface area contributed by atoms with E-state index in [1.54, 1.807) is 0 Å². The molecule has 2 atom stereocenters. The molecule has 1 unspecified atom stereocenters. The maximum Gasteiger partial charge on any atom is 0.344 e. The van der Waals surface area contributed by atoms with Crippen LogP contribution in [0.4, 0.5) is 0 Å². The molecule has 84 valence electrons. The van der Waals surface area contributed by atoms with Crippen molar-refractivity contribution in [2.75, 3.05) is 7.11 Å². The first-order valence-corrected chi connectivity index (χ1v) is 7.62. The van der Waals surface area contributed by atoms with Crippen LogP contribution in [0.3, 0.4) is 0 Å².